The highest BCUT2D eigenvalue weighted by Crippen LogP contribution is 2.27. The maximum atomic E-state index is 12.5. The molecule has 2 rings (SSSR count). The van der Waals surface area contributed by atoms with Gasteiger partial charge in [-0.15, -0.1) is 0 Å². The molecule has 0 fully saturated rings. The fraction of sp³-hybridized carbons (Fsp3) is 0.391. The summed E-state index contributed by atoms with van der Waals surface area (Å²) in [5, 5.41) is 2.91. The molecule has 0 radical (unpaired) electrons. The molecule has 150 valence electrons. The molecule has 0 aromatic heterocycles. The number of para-hydroxylation sites is 1. The summed E-state index contributed by atoms with van der Waals surface area (Å²) < 4.78 is 5.82. The van der Waals surface area contributed by atoms with Crippen molar-refractivity contribution in [1.29, 1.82) is 0 Å². The number of amides is 2. The van der Waals surface area contributed by atoms with Gasteiger partial charge in [-0.2, -0.15) is 0 Å². The van der Waals surface area contributed by atoms with Crippen LogP contribution in [0.4, 0.5) is 5.69 Å². The summed E-state index contributed by atoms with van der Waals surface area (Å²) >= 11 is 0. The molecule has 0 aliphatic heterocycles. The Labute approximate surface area is 167 Å². The van der Waals surface area contributed by atoms with Crippen molar-refractivity contribution in [1.82, 2.24) is 4.90 Å². The highest BCUT2D eigenvalue weighted by Gasteiger charge is 2.13. The number of ether oxygens (including phenoxy) is 1. The van der Waals surface area contributed by atoms with Gasteiger partial charge in [-0.05, 0) is 48.6 Å². The minimum absolute atomic E-state index is 0.00706. The smallest absolute Gasteiger partial charge is 0.262 e. The summed E-state index contributed by atoms with van der Waals surface area (Å²) in [6.45, 7) is 10.7. The van der Waals surface area contributed by atoms with Crippen LogP contribution in [0, 0.1) is 6.92 Å². The second-order valence-corrected chi connectivity index (χ2v) is 7.22. The minimum atomic E-state index is -0.227. The lowest BCUT2D eigenvalue weighted by Gasteiger charge is -2.21. The molecular formula is C23H30N2O3. The molecular weight excluding hydrogens is 352 g/mol. The Hall–Kier alpha value is -2.82. The highest BCUT2D eigenvalue weighted by molar-refractivity contribution is 5.92. The van der Waals surface area contributed by atoms with Gasteiger partial charge >= 0.3 is 0 Å². The quantitative estimate of drug-likeness (QED) is 0.731. The molecule has 1 N–H and O–H groups in total. The SMILES string of the molecule is CCN(Cc1ccccc1NC(=O)COc1cc(C)ccc1C(C)C)C(C)=O. The first-order valence-electron chi connectivity index (χ1n) is 9.68. The minimum Gasteiger partial charge on any atom is -0.483 e. The van der Waals surface area contributed by atoms with E-state index in [1.807, 2.05) is 56.3 Å². The molecule has 28 heavy (non-hydrogen) atoms. The molecule has 0 saturated heterocycles. The predicted molar refractivity (Wildman–Crippen MR) is 113 cm³/mol. The van der Waals surface area contributed by atoms with E-state index in [1.54, 1.807) is 11.8 Å². The molecule has 0 heterocycles. The van der Waals surface area contributed by atoms with Gasteiger partial charge < -0.3 is 15.0 Å². The van der Waals surface area contributed by atoms with E-state index in [4.69, 9.17) is 4.74 Å². The van der Waals surface area contributed by atoms with Crippen LogP contribution in [-0.2, 0) is 16.1 Å². The summed E-state index contributed by atoms with van der Waals surface area (Å²) in [6, 6.07) is 13.6. The first-order chi connectivity index (χ1) is 13.3. The lowest BCUT2D eigenvalue weighted by Crippen LogP contribution is -2.28. The molecule has 2 aromatic rings. The summed E-state index contributed by atoms with van der Waals surface area (Å²) in [5.74, 6) is 0.834. The summed E-state index contributed by atoms with van der Waals surface area (Å²) in [5.41, 5.74) is 3.77. The topological polar surface area (TPSA) is 58.6 Å². The van der Waals surface area contributed by atoms with E-state index >= 15 is 0 Å². The number of hydrogen-bond acceptors (Lipinski definition) is 3. The molecule has 0 atom stereocenters. The lowest BCUT2D eigenvalue weighted by atomic mass is 10.0. The first kappa shape index (κ1) is 21.5. The van der Waals surface area contributed by atoms with Crippen LogP contribution in [0.5, 0.6) is 5.75 Å². The van der Waals surface area contributed by atoms with Crippen molar-refractivity contribution in [2.75, 3.05) is 18.5 Å². The zero-order valence-electron chi connectivity index (χ0n) is 17.4. The molecule has 2 aromatic carbocycles. The van der Waals surface area contributed by atoms with Crippen LogP contribution in [0.2, 0.25) is 0 Å². The number of benzene rings is 2. The van der Waals surface area contributed by atoms with Gasteiger partial charge in [0.05, 0.1) is 0 Å². The van der Waals surface area contributed by atoms with Gasteiger partial charge in [-0.1, -0.05) is 44.2 Å². The van der Waals surface area contributed by atoms with Crippen molar-refractivity contribution < 1.29 is 14.3 Å². The summed E-state index contributed by atoms with van der Waals surface area (Å²) in [4.78, 5) is 25.9. The van der Waals surface area contributed by atoms with Crippen molar-refractivity contribution >= 4 is 17.5 Å². The fourth-order valence-corrected chi connectivity index (χ4v) is 3.00. The molecule has 2 amide bonds. The van der Waals surface area contributed by atoms with Crippen LogP contribution in [0.25, 0.3) is 0 Å². The maximum absolute atomic E-state index is 12.5. The Morgan fingerprint density at radius 1 is 1.14 bits per heavy atom. The number of rotatable bonds is 8. The van der Waals surface area contributed by atoms with Gasteiger partial charge in [-0.3, -0.25) is 9.59 Å². The predicted octanol–water partition coefficient (Wildman–Crippen LogP) is 4.50. The standard InChI is InChI=1S/C23H30N2O3/c1-6-25(18(5)26)14-19-9-7-8-10-21(19)24-23(27)15-28-22-13-17(4)11-12-20(22)16(2)3/h7-13,16H,6,14-15H2,1-5H3,(H,24,27). The van der Waals surface area contributed by atoms with Gasteiger partial charge in [0.2, 0.25) is 5.91 Å². The van der Waals surface area contributed by atoms with Gasteiger partial charge in [-0.25, -0.2) is 0 Å². The lowest BCUT2D eigenvalue weighted by molar-refractivity contribution is -0.129. The van der Waals surface area contributed by atoms with Crippen LogP contribution in [0.3, 0.4) is 0 Å². The number of carbonyl (C=O) groups excluding carboxylic acids is 2. The van der Waals surface area contributed by atoms with E-state index in [-0.39, 0.29) is 18.4 Å². The zero-order valence-corrected chi connectivity index (χ0v) is 17.4. The monoisotopic (exact) mass is 382 g/mol. The molecule has 5 nitrogen and oxygen atoms in total. The zero-order chi connectivity index (χ0) is 20.7. The van der Waals surface area contributed by atoms with Crippen molar-refractivity contribution in [3.05, 3.63) is 59.2 Å². The van der Waals surface area contributed by atoms with E-state index < -0.39 is 0 Å². The number of anilines is 1. The number of carbonyl (C=O) groups is 2. The van der Waals surface area contributed by atoms with Crippen LogP contribution >= 0.6 is 0 Å². The Balaban J connectivity index is 2.07. The third kappa shape index (κ3) is 5.84. The number of nitrogens with one attached hydrogen (secondary N) is 1. The van der Waals surface area contributed by atoms with E-state index in [2.05, 4.69) is 19.2 Å². The van der Waals surface area contributed by atoms with Crippen LogP contribution in [0.15, 0.2) is 42.5 Å². The summed E-state index contributed by atoms with van der Waals surface area (Å²) in [7, 11) is 0. The molecule has 0 unspecified atom stereocenters. The molecule has 5 heteroatoms. The van der Waals surface area contributed by atoms with E-state index in [0.29, 0.717) is 24.7 Å². The van der Waals surface area contributed by atoms with Crippen LogP contribution in [-0.4, -0.2) is 29.9 Å². The fourth-order valence-electron chi connectivity index (χ4n) is 3.00. The average molecular weight is 383 g/mol. The van der Waals surface area contributed by atoms with E-state index in [0.717, 1.165) is 22.4 Å². The molecule has 0 aliphatic rings. The van der Waals surface area contributed by atoms with Gasteiger partial charge in [0.15, 0.2) is 6.61 Å². The Morgan fingerprint density at radius 2 is 1.86 bits per heavy atom. The first-order valence-corrected chi connectivity index (χ1v) is 9.68. The third-order valence-corrected chi connectivity index (χ3v) is 4.63. The average Bonchev–Trinajstić information content (AvgIpc) is 2.65. The Bertz CT molecular complexity index is 830. The van der Waals surface area contributed by atoms with Crippen molar-refractivity contribution in [3.8, 4) is 5.75 Å². The van der Waals surface area contributed by atoms with Gasteiger partial charge in [0.1, 0.15) is 5.75 Å². The van der Waals surface area contributed by atoms with Crippen LogP contribution in [0.1, 0.15) is 50.3 Å². The van der Waals surface area contributed by atoms with Crippen molar-refractivity contribution in [2.45, 2.75) is 47.1 Å². The Morgan fingerprint density at radius 3 is 2.50 bits per heavy atom. The Kier molecular flexibility index (Phi) is 7.61. The number of nitrogens with zero attached hydrogens (tertiary/aromatic N) is 1. The van der Waals surface area contributed by atoms with Gasteiger partial charge in [0.25, 0.3) is 5.91 Å². The van der Waals surface area contributed by atoms with Gasteiger partial charge in [0, 0.05) is 25.7 Å². The summed E-state index contributed by atoms with van der Waals surface area (Å²) in [6.07, 6.45) is 0. The maximum Gasteiger partial charge on any atom is 0.262 e. The molecule has 0 saturated carbocycles. The largest absolute Gasteiger partial charge is 0.483 e. The van der Waals surface area contributed by atoms with Crippen molar-refractivity contribution in [3.63, 3.8) is 0 Å². The number of hydrogen-bond donors (Lipinski definition) is 1. The number of aryl methyl sites for hydroxylation is 1. The normalized spacial score (nSPS) is 10.6. The van der Waals surface area contributed by atoms with E-state index in [9.17, 15) is 9.59 Å². The third-order valence-electron chi connectivity index (χ3n) is 4.63. The molecule has 0 bridgehead atoms. The molecule has 0 aliphatic carbocycles. The van der Waals surface area contributed by atoms with Crippen molar-refractivity contribution in [2.24, 2.45) is 0 Å². The van der Waals surface area contributed by atoms with Crippen LogP contribution < -0.4 is 10.1 Å². The second kappa shape index (κ2) is 9.93. The molecule has 0 spiro atoms. The second-order valence-electron chi connectivity index (χ2n) is 7.22. The highest BCUT2D eigenvalue weighted by atomic mass is 16.5. The van der Waals surface area contributed by atoms with E-state index in [1.165, 1.54) is 0 Å².